The summed E-state index contributed by atoms with van der Waals surface area (Å²) in [6.07, 6.45) is 3.66. The van der Waals surface area contributed by atoms with Crippen molar-refractivity contribution in [3.63, 3.8) is 0 Å². The molecule has 0 aliphatic carbocycles. The predicted octanol–water partition coefficient (Wildman–Crippen LogP) is 3.51. The summed E-state index contributed by atoms with van der Waals surface area (Å²) in [5.41, 5.74) is 3.36. The number of hydrogen-bond acceptors (Lipinski definition) is 5. The Morgan fingerprint density at radius 1 is 1.30 bits per heavy atom. The molecule has 2 aromatic rings. The lowest BCUT2D eigenvalue weighted by Gasteiger charge is -2.17. The highest BCUT2D eigenvalue weighted by Gasteiger charge is 2.17. The number of anilines is 2. The van der Waals surface area contributed by atoms with Gasteiger partial charge in [0.05, 0.1) is 34.8 Å². The van der Waals surface area contributed by atoms with Gasteiger partial charge in [0.2, 0.25) is 0 Å². The topological polar surface area (TPSA) is 41.1 Å². The summed E-state index contributed by atoms with van der Waals surface area (Å²) in [7, 11) is 4.06. The van der Waals surface area contributed by atoms with E-state index in [2.05, 4.69) is 41.4 Å². The van der Waals surface area contributed by atoms with Gasteiger partial charge in [0.1, 0.15) is 0 Å². The molecule has 2 heterocycles. The highest BCUT2D eigenvalue weighted by molar-refractivity contribution is 7.09. The largest absolute Gasteiger partial charge is 0.376 e. The summed E-state index contributed by atoms with van der Waals surface area (Å²) in [5.74, 6) is 0. The first-order chi connectivity index (χ1) is 9.38. The SMILES string of the molecule is CN(C)c1ccncc1NCc1csc(C(C)(C)C)n1. The second-order valence-corrected chi connectivity index (χ2v) is 6.89. The minimum Gasteiger partial charge on any atom is -0.376 e. The van der Waals surface area contributed by atoms with Gasteiger partial charge in [-0.25, -0.2) is 4.98 Å². The zero-order chi connectivity index (χ0) is 14.8. The highest BCUT2D eigenvalue weighted by Crippen LogP contribution is 2.27. The second kappa shape index (κ2) is 5.79. The van der Waals surface area contributed by atoms with Gasteiger partial charge in [-0.05, 0) is 6.07 Å². The summed E-state index contributed by atoms with van der Waals surface area (Å²) in [5, 5.41) is 6.71. The van der Waals surface area contributed by atoms with Crippen LogP contribution in [0.2, 0.25) is 0 Å². The summed E-state index contributed by atoms with van der Waals surface area (Å²) < 4.78 is 0. The number of nitrogens with one attached hydrogen (secondary N) is 1. The quantitative estimate of drug-likeness (QED) is 0.935. The van der Waals surface area contributed by atoms with Gasteiger partial charge >= 0.3 is 0 Å². The molecule has 0 bridgehead atoms. The molecular formula is C15H22N4S. The van der Waals surface area contributed by atoms with Gasteiger partial charge in [0.25, 0.3) is 0 Å². The van der Waals surface area contributed by atoms with Crippen LogP contribution in [0.5, 0.6) is 0 Å². The number of rotatable bonds is 4. The van der Waals surface area contributed by atoms with Crippen molar-refractivity contribution >= 4 is 22.7 Å². The van der Waals surface area contributed by atoms with Crippen LogP contribution in [0.4, 0.5) is 11.4 Å². The Labute approximate surface area is 124 Å². The average molecular weight is 290 g/mol. The van der Waals surface area contributed by atoms with Crippen LogP contribution in [-0.2, 0) is 12.0 Å². The minimum absolute atomic E-state index is 0.117. The number of pyridine rings is 1. The number of nitrogens with zero attached hydrogens (tertiary/aromatic N) is 3. The molecular weight excluding hydrogens is 268 g/mol. The van der Waals surface area contributed by atoms with Gasteiger partial charge in [-0.1, -0.05) is 20.8 Å². The van der Waals surface area contributed by atoms with Crippen LogP contribution >= 0.6 is 11.3 Å². The van der Waals surface area contributed by atoms with Crippen LogP contribution in [0.25, 0.3) is 0 Å². The molecule has 108 valence electrons. The van der Waals surface area contributed by atoms with Crippen molar-refractivity contribution in [1.82, 2.24) is 9.97 Å². The van der Waals surface area contributed by atoms with Crippen LogP contribution in [0.15, 0.2) is 23.8 Å². The molecule has 4 nitrogen and oxygen atoms in total. The van der Waals surface area contributed by atoms with Crippen molar-refractivity contribution in [2.24, 2.45) is 0 Å². The second-order valence-electron chi connectivity index (χ2n) is 6.03. The van der Waals surface area contributed by atoms with Crippen LogP contribution in [-0.4, -0.2) is 24.1 Å². The normalized spacial score (nSPS) is 11.4. The first-order valence-electron chi connectivity index (χ1n) is 6.68. The molecule has 0 saturated carbocycles. The van der Waals surface area contributed by atoms with Crippen molar-refractivity contribution in [1.29, 1.82) is 0 Å². The maximum absolute atomic E-state index is 4.69. The summed E-state index contributed by atoms with van der Waals surface area (Å²) >= 11 is 1.72. The standard InChI is InChI=1S/C15H22N4S/c1-15(2,3)14-18-11(10-20-14)8-17-12-9-16-7-6-13(12)19(4)5/h6-7,9-10,17H,8H2,1-5H3. The van der Waals surface area contributed by atoms with Crippen molar-refractivity contribution in [2.45, 2.75) is 32.7 Å². The maximum atomic E-state index is 4.69. The van der Waals surface area contributed by atoms with Crippen LogP contribution in [0.3, 0.4) is 0 Å². The Morgan fingerprint density at radius 3 is 2.65 bits per heavy atom. The fourth-order valence-corrected chi connectivity index (χ4v) is 2.74. The molecule has 0 atom stereocenters. The van der Waals surface area contributed by atoms with Gasteiger partial charge in [0.15, 0.2) is 0 Å². The van der Waals surface area contributed by atoms with Crippen molar-refractivity contribution in [3.05, 3.63) is 34.5 Å². The summed E-state index contributed by atoms with van der Waals surface area (Å²) in [4.78, 5) is 10.9. The molecule has 0 fully saturated rings. The molecule has 0 aromatic carbocycles. The lowest BCUT2D eigenvalue weighted by molar-refractivity contribution is 0.583. The molecule has 0 aliphatic rings. The Morgan fingerprint density at radius 2 is 2.05 bits per heavy atom. The Kier molecular flexibility index (Phi) is 4.28. The van der Waals surface area contributed by atoms with Crippen LogP contribution < -0.4 is 10.2 Å². The highest BCUT2D eigenvalue weighted by atomic mass is 32.1. The van der Waals surface area contributed by atoms with E-state index in [9.17, 15) is 0 Å². The summed E-state index contributed by atoms with van der Waals surface area (Å²) in [6.45, 7) is 7.29. The lowest BCUT2D eigenvalue weighted by atomic mass is 9.98. The molecule has 0 unspecified atom stereocenters. The minimum atomic E-state index is 0.117. The number of thiazole rings is 1. The molecule has 0 aliphatic heterocycles. The number of aromatic nitrogens is 2. The maximum Gasteiger partial charge on any atom is 0.0982 e. The zero-order valence-corrected chi connectivity index (χ0v) is 13.6. The van der Waals surface area contributed by atoms with E-state index in [1.807, 2.05) is 26.4 Å². The van der Waals surface area contributed by atoms with Crippen molar-refractivity contribution < 1.29 is 0 Å². The molecule has 1 N–H and O–H groups in total. The predicted molar refractivity (Wildman–Crippen MR) is 86.7 cm³/mol. The Hall–Kier alpha value is -1.62. The zero-order valence-electron chi connectivity index (χ0n) is 12.8. The molecule has 5 heteroatoms. The van der Waals surface area contributed by atoms with Gasteiger partial charge in [0, 0.05) is 31.1 Å². The van der Waals surface area contributed by atoms with Crippen molar-refractivity contribution in [3.8, 4) is 0 Å². The Balaban J connectivity index is 2.08. The van der Waals surface area contributed by atoms with Crippen LogP contribution in [0, 0.1) is 0 Å². The molecule has 0 spiro atoms. The number of hydrogen-bond donors (Lipinski definition) is 1. The fraction of sp³-hybridized carbons (Fsp3) is 0.467. The third kappa shape index (κ3) is 3.48. The molecule has 0 radical (unpaired) electrons. The monoisotopic (exact) mass is 290 g/mol. The van der Waals surface area contributed by atoms with E-state index in [1.54, 1.807) is 17.5 Å². The molecule has 0 amide bonds. The van der Waals surface area contributed by atoms with Gasteiger partial charge < -0.3 is 10.2 Å². The van der Waals surface area contributed by atoms with E-state index < -0.39 is 0 Å². The third-order valence-corrected chi connectivity index (χ3v) is 4.25. The first-order valence-corrected chi connectivity index (χ1v) is 7.56. The van der Waals surface area contributed by atoms with E-state index in [-0.39, 0.29) is 5.41 Å². The molecule has 2 aromatic heterocycles. The van der Waals surface area contributed by atoms with E-state index in [0.29, 0.717) is 0 Å². The smallest absolute Gasteiger partial charge is 0.0982 e. The van der Waals surface area contributed by atoms with E-state index in [0.717, 1.165) is 23.6 Å². The lowest BCUT2D eigenvalue weighted by Crippen LogP contribution is -2.13. The fourth-order valence-electron chi connectivity index (χ4n) is 1.83. The van der Waals surface area contributed by atoms with E-state index in [4.69, 9.17) is 4.98 Å². The van der Waals surface area contributed by atoms with Gasteiger partial charge in [-0.15, -0.1) is 11.3 Å². The van der Waals surface area contributed by atoms with E-state index in [1.165, 1.54) is 5.01 Å². The third-order valence-electron chi connectivity index (χ3n) is 2.93. The molecule has 0 saturated heterocycles. The van der Waals surface area contributed by atoms with Crippen molar-refractivity contribution in [2.75, 3.05) is 24.3 Å². The molecule has 2 rings (SSSR count). The van der Waals surface area contributed by atoms with Gasteiger partial charge in [-0.2, -0.15) is 0 Å². The Bertz CT molecular complexity index is 569. The van der Waals surface area contributed by atoms with E-state index >= 15 is 0 Å². The van der Waals surface area contributed by atoms with Crippen LogP contribution in [0.1, 0.15) is 31.5 Å². The first kappa shape index (κ1) is 14.8. The van der Waals surface area contributed by atoms with Gasteiger partial charge in [-0.3, -0.25) is 4.98 Å². The summed E-state index contributed by atoms with van der Waals surface area (Å²) in [6, 6.07) is 2.00. The average Bonchev–Trinajstić information content (AvgIpc) is 2.85. The molecule has 20 heavy (non-hydrogen) atoms.